The van der Waals surface area contributed by atoms with E-state index in [2.05, 4.69) is 0 Å². The smallest absolute Gasteiger partial charge is 0.268 e. The van der Waals surface area contributed by atoms with Gasteiger partial charge in [0, 0.05) is 17.8 Å². The van der Waals surface area contributed by atoms with Gasteiger partial charge in [-0.25, -0.2) is 4.39 Å². The van der Waals surface area contributed by atoms with Gasteiger partial charge in [0.1, 0.15) is 23.2 Å². The average Bonchev–Trinajstić information content (AvgIpc) is 2.49. The molecule has 6 heteroatoms. The quantitative estimate of drug-likeness (QED) is 0.882. The average molecular weight is 300 g/mol. The van der Waals surface area contributed by atoms with E-state index in [9.17, 15) is 19.1 Å². The van der Waals surface area contributed by atoms with E-state index in [0.717, 1.165) is 24.3 Å². The molecular formula is C16H13FN2O3. The Bertz CT molecular complexity index is 847. The lowest BCUT2D eigenvalue weighted by molar-refractivity contribution is 0.103. The maximum Gasteiger partial charge on any atom is 0.268 e. The molecule has 0 aliphatic rings. The number of nitrogens with zero attached hydrogens (tertiary/aromatic N) is 2. The minimum Gasteiger partial charge on any atom is -0.507 e. The first-order valence-corrected chi connectivity index (χ1v) is 6.54. The number of carbonyl (C=O) groups excluding carboxylic acids is 1. The van der Waals surface area contributed by atoms with Crippen LogP contribution in [0.4, 0.5) is 4.39 Å². The molecule has 1 N–H and O–H groups in total. The van der Waals surface area contributed by atoms with Gasteiger partial charge in [0.05, 0.1) is 5.56 Å². The van der Waals surface area contributed by atoms with Gasteiger partial charge >= 0.3 is 0 Å². The predicted molar refractivity (Wildman–Crippen MR) is 77.3 cm³/mol. The Labute approximate surface area is 125 Å². The van der Waals surface area contributed by atoms with Crippen LogP contribution < -0.4 is 5.56 Å². The highest BCUT2D eigenvalue weighted by Crippen LogP contribution is 2.21. The van der Waals surface area contributed by atoms with Crippen molar-refractivity contribution in [1.82, 2.24) is 4.57 Å². The van der Waals surface area contributed by atoms with Crippen molar-refractivity contribution in [2.75, 3.05) is 0 Å². The normalized spacial score (nSPS) is 10.5. The van der Waals surface area contributed by atoms with Crippen LogP contribution in [0.1, 0.15) is 41.4 Å². The lowest BCUT2D eigenvalue weighted by Gasteiger charge is -2.12. The fraction of sp³-hybridized carbons (Fsp3) is 0.188. The number of hydrogen-bond donors (Lipinski definition) is 1. The van der Waals surface area contributed by atoms with Gasteiger partial charge < -0.3 is 9.67 Å². The molecule has 22 heavy (non-hydrogen) atoms. The molecule has 112 valence electrons. The number of rotatable bonds is 3. The summed E-state index contributed by atoms with van der Waals surface area (Å²) in [5.74, 6) is -1.70. The van der Waals surface area contributed by atoms with Crippen molar-refractivity contribution in [1.29, 1.82) is 5.26 Å². The maximum absolute atomic E-state index is 13.3. The zero-order chi connectivity index (χ0) is 16.4. The SMILES string of the molecule is CC(C)n1cc(C(=O)c2cc(F)ccc2O)cc(C#N)c1=O. The molecule has 2 aromatic rings. The van der Waals surface area contributed by atoms with Gasteiger partial charge in [0.2, 0.25) is 0 Å². The van der Waals surface area contributed by atoms with Crippen molar-refractivity contribution in [3.05, 3.63) is 63.3 Å². The molecule has 0 spiro atoms. The van der Waals surface area contributed by atoms with Crippen LogP contribution in [-0.2, 0) is 0 Å². The van der Waals surface area contributed by atoms with Gasteiger partial charge in [0.15, 0.2) is 5.78 Å². The molecule has 0 unspecified atom stereocenters. The fourth-order valence-corrected chi connectivity index (χ4v) is 2.04. The molecule has 0 aliphatic carbocycles. The summed E-state index contributed by atoms with van der Waals surface area (Å²) in [6.45, 7) is 3.47. The number of benzene rings is 1. The summed E-state index contributed by atoms with van der Waals surface area (Å²) in [6, 6.07) is 5.65. The third-order valence-corrected chi connectivity index (χ3v) is 3.19. The van der Waals surface area contributed by atoms with Crippen molar-refractivity contribution in [2.24, 2.45) is 0 Å². The van der Waals surface area contributed by atoms with E-state index in [1.165, 1.54) is 10.8 Å². The Hall–Kier alpha value is -2.94. The molecule has 1 aromatic heterocycles. The largest absolute Gasteiger partial charge is 0.507 e. The van der Waals surface area contributed by atoms with Crippen LogP contribution in [0, 0.1) is 17.1 Å². The standard InChI is InChI=1S/C16H13FN2O3/c1-9(2)19-8-11(5-10(7-18)16(19)22)15(21)13-6-12(17)3-4-14(13)20/h3-6,8-9,20H,1-2H3. The summed E-state index contributed by atoms with van der Waals surface area (Å²) in [6.07, 6.45) is 1.31. The first kappa shape index (κ1) is 15.4. The lowest BCUT2D eigenvalue weighted by atomic mass is 10.0. The Morgan fingerprint density at radius 2 is 2.05 bits per heavy atom. The molecule has 0 aliphatic heterocycles. The van der Waals surface area contributed by atoms with Crippen molar-refractivity contribution < 1.29 is 14.3 Å². The molecule has 0 saturated heterocycles. The Balaban J connectivity index is 2.65. The fourth-order valence-electron chi connectivity index (χ4n) is 2.04. The van der Waals surface area contributed by atoms with Gasteiger partial charge in [-0.1, -0.05) is 0 Å². The first-order valence-electron chi connectivity index (χ1n) is 6.54. The second-order valence-electron chi connectivity index (χ2n) is 5.05. The van der Waals surface area contributed by atoms with E-state index >= 15 is 0 Å². The third-order valence-electron chi connectivity index (χ3n) is 3.19. The van der Waals surface area contributed by atoms with Gasteiger partial charge in [-0.05, 0) is 38.1 Å². The molecule has 1 aromatic carbocycles. The summed E-state index contributed by atoms with van der Waals surface area (Å²) in [5.41, 5.74) is -0.878. The van der Waals surface area contributed by atoms with Crippen LogP contribution in [0.5, 0.6) is 5.75 Å². The van der Waals surface area contributed by atoms with Crippen molar-refractivity contribution in [3.63, 3.8) is 0 Å². The number of aromatic hydroxyl groups is 1. The minimum absolute atomic E-state index is 0.0331. The van der Waals surface area contributed by atoms with Crippen LogP contribution in [0.2, 0.25) is 0 Å². The minimum atomic E-state index is -0.668. The van der Waals surface area contributed by atoms with Gasteiger partial charge in [-0.3, -0.25) is 9.59 Å². The number of hydrogen-bond acceptors (Lipinski definition) is 4. The predicted octanol–water partition coefficient (Wildman–Crippen LogP) is 2.38. The highest BCUT2D eigenvalue weighted by Gasteiger charge is 2.18. The molecule has 0 fully saturated rings. The van der Waals surface area contributed by atoms with Crippen LogP contribution in [0.15, 0.2) is 35.3 Å². The van der Waals surface area contributed by atoms with Gasteiger partial charge in [-0.15, -0.1) is 0 Å². The number of phenolic OH excluding ortho intramolecular Hbond substituents is 1. The molecule has 0 radical (unpaired) electrons. The monoisotopic (exact) mass is 300 g/mol. The Morgan fingerprint density at radius 3 is 2.64 bits per heavy atom. The number of pyridine rings is 1. The molecule has 1 heterocycles. The summed E-state index contributed by atoms with van der Waals surface area (Å²) in [7, 11) is 0. The van der Waals surface area contributed by atoms with Gasteiger partial charge in [-0.2, -0.15) is 5.26 Å². The molecular weight excluding hydrogens is 287 g/mol. The molecule has 5 nitrogen and oxygen atoms in total. The van der Waals surface area contributed by atoms with E-state index in [0.29, 0.717) is 0 Å². The van der Waals surface area contributed by atoms with Crippen molar-refractivity contribution >= 4 is 5.78 Å². The number of carbonyl (C=O) groups is 1. The van der Waals surface area contributed by atoms with Crippen molar-refractivity contribution in [2.45, 2.75) is 19.9 Å². The number of halogens is 1. The second kappa shape index (κ2) is 5.82. The highest BCUT2D eigenvalue weighted by atomic mass is 19.1. The van der Waals surface area contributed by atoms with Crippen LogP contribution >= 0.6 is 0 Å². The van der Waals surface area contributed by atoms with E-state index in [-0.39, 0.29) is 28.5 Å². The summed E-state index contributed by atoms with van der Waals surface area (Å²) < 4.78 is 14.5. The third kappa shape index (κ3) is 2.74. The van der Waals surface area contributed by atoms with E-state index in [1.54, 1.807) is 19.9 Å². The first-order chi connectivity index (χ1) is 10.3. The highest BCUT2D eigenvalue weighted by molar-refractivity contribution is 6.10. The lowest BCUT2D eigenvalue weighted by Crippen LogP contribution is -2.25. The van der Waals surface area contributed by atoms with Crippen LogP contribution in [0.3, 0.4) is 0 Å². The van der Waals surface area contributed by atoms with E-state index in [1.807, 2.05) is 0 Å². The zero-order valence-corrected chi connectivity index (χ0v) is 12.0. The number of aromatic nitrogens is 1. The number of ketones is 1. The van der Waals surface area contributed by atoms with Crippen LogP contribution in [-0.4, -0.2) is 15.5 Å². The van der Waals surface area contributed by atoms with E-state index < -0.39 is 17.2 Å². The summed E-state index contributed by atoms with van der Waals surface area (Å²) in [4.78, 5) is 24.4. The summed E-state index contributed by atoms with van der Waals surface area (Å²) >= 11 is 0. The topological polar surface area (TPSA) is 83.1 Å². The van der Waals surface area contributed by atoms with E-state index in [4.69, 9.17) is 5.26 Å². The molecule has 0 atom stereocenters. The van der Waals surface area contributed by atoms with Crippen LogP contribution in [0.25, 0.3) is 0 Å². The zero-order valence-electron chi connectivity index (χ0n) is 12.0. The Kier molecular flexibility index (Phi) is 4.08. The molecule has 2 rings (SSSR count). The molecule has 0 saturated carbocycles. The molecule has 0 amide bonds. The molecule has 0 bridgehead atoms. The number of phenols is 1. The van der Waals surface area contributed by atoms with Gasteiger partial charge in [0.25, 0.3) is 5.56 Å². The van der Waals surface area contributed by atoms with Crippen molar-refractivity contribution in [3.8, 4) is 11.8 Å². The maximum atomic E-state index is 13.3. The summed E-state index contributed by atoms with van der Waals surface area (Å²) in [5, 5.41) is 18.7. The second-order valence-corrected chi connectivity index (χ2v) is 5.05. The Morgan fingerprint density at radius 1 is 1.36 bits per heavy atom. The number of nitriles is 1.